The number of fused-ring (bicyclic) bond motifs is 1. The average Bonchev–Trinajstić information content (AvgIpc) is 3.50. The zero-order chi connectivity index (χ0) is 27.1. The molecule has 5 aromatic rings. The number of nitrogens with zero attached hydrogens (tertiary/aromatic N) is 5. The lowest BCUT2D eigenvalue weighted by atomic mass is 10.1. The molecule has 0 aliphatic carbocycles. The van der Waals surface area contributed by atoms with Gasteiger partial charge in [0.2, 0.25) is 0 Å². The van der Waals surface area contributed by atoms with Crippen LogP contribution in [0.4, 0.5) is 32.0 Å². The predicted octanol–water partition coefficient (Wildman–Crippen LogP) is 5.69. The van der Waals surface area contributed by atoms with Gasteiger partial charge in [0.05, 0.1) is 24.1 Å². The van der Waals surface area contributed by atoms with E-state index in [9.17, 15) is 31.1 Å². The molecule has 194 valence electrons. The number of amides is 1. The Bertz CT molecular complexity index is 1610. The Kier molecular flexibility index (Phi) is 6.13. The van der Waals surface area contributed by atoms with Crippen molar-refractivity contribution in [1.82, 2.24) is 24.4 Å². The van der Waals surface area contributed by atoms with Crippen LogP contribution >= 0.6 is 0 Å². The number of aromatic nitrogens is 5. The molecule has 1 amide bonds. The lowest BCUT2D eigenvalue weighted by molar-refractivity contribution is -0.291. The number of alkyl halides is 5. The van der Waals surface area contributed by atoms with Crippen molar-refractivity contribution in [3.63, 3.8) is 0 Å². The molecule has 0 spiro atoms. The molecule has 0 unspecified atom stereocenters. The molecule has 38 heavy (non-hydrogen) atoms. The smallest absolute Gasteiger partial charge is 0.318 e. The van der Waals surface area contributed by atoms with Crippen LogP contribution in [-0.4, -0.2) is 36.5 Å². The Labute approximate surface area is 210 Å². The molecule has 0 saturated carbocycles. The molecule has 0 atom stereocenters. The molecule has 13 heteroatoms. The van der Waals surface area contributed by atoms with Gasteiger partial charge >= 0.3 is 12.1 Å². The molecule has 3 aromatic heterocycles. The molecule has 0 saturated heterocycles. The molecular formula is C25H16F6N6O. The molecule has 0 aliphatic rings. The van der Waals surface area contributed by atoms with E-state index < -0.39 is 40.9 Å². The number of rotatable bonds is 6. The maximum absolute atomic E-state index is 14.5. The van der Waals surface area contributed by atoms with Crippen molar-refractivity contribution in [2.24, 2.45) is 0 Å². The number of halogens is 6. The number of carbonyl (C=O) groups excluding carboxylic acids is 1. The zero-order valence-corrected chi connectivity index (χ0v) is 19.1. The van der Waals surface area contributed by atoms with Gasteiger partial charge in [0.25, 0.3) is 5.91 Å². The quantitative estimate of drug-likeness (QED) is 0.287. The minimum atomic E-state index is -5.96. The standard InChI is InChI=1S/C25H16F6N6O/c26-17-8-6-16(7-9-17)19-10-21(24(27,28)25(29,30)31)37-22(34-19)11-20(35-37)23(38)33-18-12-32-36(14-18)13-15-4-2-1-3-5-15/h1-12,14H,13H2,(H,33,38). The summed E-state index contributed by atoms with van der Waals surface area (Å²) in [6, 6.07) is 15.2. The van der Waals surface area contributed by atoms with Crippen molar-refractivity contribution < 1.29 is 31.1 Å². The number of hydrogen-bond acceptors (Lipinski definition) is 4. The number of carbonyl (C=O) groups is 1. The third kappa shape index (κ3) is 4.82. The van der Waals surface area contributed by atoms with E-state index in [1.165, 1.54) is 24.5 Å². The van der Waals surface area contributed by atoms with Crippen LogP contribution in [0, 0.1) is 5.82 Å². The first-order valence-corrected chi connectivity index (χ1v) is 11.0. The van der Waals surface area contributed by atoms with Gasteiger partial charge in [0.15, 0.2) is 11.3 Å². The van der Waals surface area contributed by atoms with E-state index in [0.29, 0.717) is 12.6 Å². The Morgan fingerprint density at radius 1 is 0.947 bits per heavy atom. The predicted molar refractivity (Wildman–Crippen MR) is 124 cm³/mol. The van der Waals surface area contributed by atoms with Gasteiger partial charge < -0.3 is 5.32 Å². The van der Waals surface area contributed by atoms with Crippen LogP contribution in [0.25, 0.3) is 16.9 Å². The Hall–Kier alpha value is -4.68. The van der Waals surface area contributed by atoms with Gasteiger partial charge in [0, 0.05) is 17.8 Å². The molecule has 7 nitrogen and oxygen atoms in total. The summed E-state index contributed by atoms with van der Waals surface area (Å²) in [7, 11) is 0. The Balaban J connectivity index is 1.49. The summed E-state index contributed by atoms with van der Waals surface area (Å²) < 4.78 is 84.0. The summed E-state index contributed by atoms with van der Waals surface area (Å²) in [6.07, 6.45) is -3.08. The van der Waals surface area contributed by atoms with Gasteiger partial charge in [-0.2, -0.15) is 32.1 Å². The monoisotopic (exact) mass is 530 g/mol. The van der Waals surface area contributed by atoms with Gasteiger partial charge in [-0.15, -0.1) is 0 Å². The van der Waals surface area contributed by atoms with Gasteiger partial charge in [-0.05, 0) is 35.9 Å². The fourth-order valence-corrected chi connectivity index (χ4v) is 3.70. The fraction of sp³-hybridized carbons (Fsp3) is 0.120. The van der Waals surface area contributed by atoms with E-state index in [0.717, 1.165) is 23.8 Å². The molecule has 2 aromatic carbocycles. The number of nitrogens with one attached hydrogen (secondary N) is 1. The summed E-state index contributed by atoms with van der Waals surface area (Å²) in [5.41, 5.74) is -1.43. The third-order valence-electron chi connectivity index (χ3n) is 5.56. The first-order valence-electron chi connectivity index (χ1n) is 11.0. The lowest BCUT2D eigenvalue weighted by Crippen LogP contribution is -2.36. The summed E-state index contributed by atoms with van der Waals surface area (Å²) in [5, 5.41) is 10.3. The largest absolute Gasteiger partial charge is 0.459 e. The summed E-state index contributed by atoms with van der Waals surface area (Å²) in [5.74, 6) is -6.84. The van der Waals surface area contributed by atoms with Gasteiger partial charge in [0.1, 0.15) is 11.5 Å². The van der Waals surface area contributed by atoms with E-state index in [4.69, 9.17) is 0 Å². The maximum Gasteiger partial charge on any atom is 0.459 e. The highest BCUT2D eigenvalue weighted by molar-refractivity contribution is 6.03. The van der Waals surface area contributed by atoms with Gasteiger partial charge in [-0.3, -0.25) is 9.48 Å². The second kappa shape index (κ2) is 9.32. The molecule has 3 heterocycles. The minimum Gasteiger partial charge on any atom is -0.318 e. The third-order valence-corrected chi connectivity index (χ3v) is 5.56. The number of benzene rings is 2. The van der Waals surface area contributed by atoms with E-state index in [1.807, 2.05) is 30.3 Å². The normalized spacial score (nSPS) is 12.2. The second-order valence-corrected chi connectivity index (χ2v) is 8.27. The highest BCUT2D eigenvalue weighted by Crippen LogP contribution is 2.44. The molecule has 0 bridgehead atoms. The first-order chi connectivity index (χ1) is 18.0. The Morgan fingerprint density at radius 3 is 2.34 bits per heavy atom. The highest BCUT2D eigenvalue weighted by Gasteiger charge is 2.60. The van der Waals surface area contributed by atoms with E-state index in [-0.39, 0.29) is 21.5 Å². The molecule has 0 radical (unpaired) electrons. The average molecular weight is 530 g/mol. The highest BCUT2D eigenvalue weighted by atomic mass is 19.4. The number of hydrogen-bond donors (Lipinski definition) is 1. The fourth-order valence-electron chi connectivity index (χ4n) is 3.70. The molecular weight excluding hydrogens is 514 g/mol. The lowest BCUT2D eigenvalue weighted by Gasteiger charge is -2.21. The summed E-state index contributed by atoms with van der Waals surface area (Å²) in [4.78, 5) is 16.9. The van der Waals surface area contributed by atoms with E-state index in [1.54, 1.807) is 4.68 Å². The van der Waals surface area contributed by atoms with Crippen LogP contribution in [0.5, 0.6) is 0 Å². The van der Waals surface area contributed by atoms with Crippen molar-refractivity contribution in [2.45, 2.75) is 18.6 Å². The molecule has 5 rings (SSSR count). The molecule has 1 N–H and O–H groups in total. The topological polar surface area (TPSA) is 77.1 Å². The zero-order valence-electron chi connectivity index (χ0n) is 19.1. The first kappa shape index (κ1) is 25.0. The summed E-state index contributed by atoms with van der Waals surface area (Å²) in [6.45, 7) is 0.414. The van der Waals surface area contributed by atoms with Crippen LogP contribution in [0.1, 0.15) is 21.7 Å². The van der Waals surface area contributed by atoms with Gasteiger partial charge in [-0.25, -0.2) is 13.9 Å². The number of anilines is 1. The van der Waals surface area contributed by atoms with E-state index >= 15 is 0 Å². The SMILES string of the molecule is O=C(Nc1cnn(Cc2ccccc2)c1)c1cc2nc(-c3ccc(F)cc3)cc(C(F)(F)C(F)(F)F)n2n1. The molecule has 0 aliphatic heterocycles. The van der Waals surface area contributed by atoms with Crippen molar-refractivity contribution in [2.75, 3.05) is 5.32 Å². The van der Waals surface area contributed by atoms with Crippen LogP contribution in [-0.2, 0) is 12.5 Å². The van der Waals surface area contributed by atoms with Crippen molar-refractivity contribution >= 4 is 17.2 Å². The van der Waals surface area contributed by atoms with E-state index in [2.05, 4.69) is 20.5 Å². The van der Waals surface area contributed by atoms with Crippen molar-refractivity contribution in [3.05, 3.63) is 102 Å². The van der Waals surface area contributed by atoms with Crippen LogP contribution in [0.15, 0.2) is 79.1 Å². The summed E-state index contributed by atoms with van der Waals surface area (Å²) >= 11 is 0. The van der Waals surface area contributed by atoms with Crippen molar-refractivity contribution in [1.29, 1.82) is 0 Å². The minimum absolute atomic E-state index is 0.0890. The van der Waals surface area contributed by atoms with Crippen LogP contribution < -0.4 is 5.32 Å². The second-order valence-electron chi connectivity index (χ2n) is 8.27. The van der Waals surface area contributed by atoms with Gasteiger partial charge in [-0.1, -0.05) is 30.3 Å². The Morgan fingerprint density at radius 2 is 1.66 bits per heavy atom. The van der Waals surface area contributed by atoms with Crippen LogP contribution in [0.3, 0.4) is 0 Å². The maximum atomic E-state index is 14.5. The molecule has 0 fully saturated rings. The van der Waals surface area contributed by atoms with Crippen molar-refractivity contribution in [3.8, 4) is 11.3 Å². The van der Waals surface area contributed by atoms with Crippen LogP contribution in [0.2, 0.25) is 0 Å².